The van der Waals surface area contributed by atoms with Gasteiger partial charge in [0, 0.05) is 0 Å². The average molecular weight is 228 g/mol. The summed E-state index contributed by atoms with van der Waals surface area (Å²) in [4.78, 5) is 25.7. The third-order valence-electron chi connectivity index (χ3n) is 1.77. The van der Waals surface area contributed by atoms with Crippen molar-refractivity contribution in [1.29, 1.82) is 0 Å². The zero-order valence-electron chi connectivity index (χ0n) is 8.42. The van der Waals surface area contributed by atoms with E-state index in [0.717, 1.165) is 0 Å². The van der Waals surface area contributed by atoms with E-state index in [1.54, 1.807) is 0 Å². The normalized spacial score (nSPS) is 10.3. The van der Waals surface area contributed by atoms with Crippen LogP contribution < -0.4 is 11.5 Å². The number of primary amides is 2. The molecule has 0 atom stereocenters. The van der Waals surface area contributed by atoms with Crippen molar-refractivity contribution >= 4 is 11.8 Å². The minimum atomic E-state index is -0.838. The van der Waals surface area contributed by atoms with Crippen LogP contribution in [-0.2, 0) is 11.5 Å². The molecular weight excluding hydrogens is 216 g/mol. The standard InChI is InChI=1S/C8H12N4O4/c9-7(14)5-6(8(10)15)12(3-11-5)4-16-2-1-13/h3,13H,1-2,4H2,(H2,9,14)(H2,10,15). The van der Waals surface area contributed by atoms with E-state index in [9.17, 15) is 9.59 Å². The molecule has 2 amide bonds. The Kier molecular flexibility index (Phi) is 3.97. The molecule has 1 aromatic rings. The molecule has 88 valence electrons. The van der Waals surface area contributed by atoms with Gasteiger partial charge in [-0.25, -0.2) is 4.98 Å². The highest BCUT2D eigenvalue weighted by Crippen LogP contribution is 2.06. The number of imidazole rings is 1. The van der Waals surface area contributed by atoms with E-state index in [1.165, 1.54) is 10.9 Å². The predicted molar refractivity (Wildman–Crippen MR) is 52.3 cm³/mol. The molecule has 0 unspecified atom stereocenters. The number of nitrogens with two attached hydrogens (primary N) is 2. The van der Waals surface area contributed by atoms with Crippen LogP contribution in [0.5, 0.6) is 0 Å². The summed E-state index contributed by atoms with van der Waals surface area (Å²) in [6.07, 6.45) is 1.22. The van der Waals surface area contributed by atoms with Crippen LogP contribution in [0.15, 0.2) is 6.33 Å². The van der Waals surface area contributed by atoms with E-state index < -0.39 is 11.8 Å². The highest BCUT2D eigenvalue weighted by Gasteiger charge is 2.19. The molecule has 0 saturated carbocycles. The Balaban J connectivity index is 2.92. The number of ether oxygens (including phenoxy) is 1. The van der Waals surface area contributed by atoms with Crippen LogP contribution >= 0.6 is 0 Å². The molecule has 8 heteroatoms. The molecular formula is C8H12N4O4. The van der Waals surface area contributed by atoms with Crippen LogP contribution in [0, 0.1) is 0 Å². The maximum atomic E-state index is 11.1. The molecule has 0 aliphatic heterocycles. The smallest absolute Gasteiger partial charge is 0.269 e. The number of amides is 2. The molecule has 1 rings (SSSR count). The summed E-state index contributed by atoms with van der Waals surface area (Å²) in [5.74, 6) is -1.66. The summed E-state index contributed by atoms with van der Waals surface area (Å²) in [6, 6.07) is 0. The van der Waals surface area contributed by atoms with Crippen LogP contribution in [0.3, 0.4) is 0 Å². The molecule has 0 saturated heterocycles. The maximum Gasteiger partial charge on any atom is 0.269 e. The largest absolute Gasteiger partial charge is 0.394 e. The summed E-state index contributed by atoms with van der Waals surface area (Å²) in [6.45, 7) is -0.0926. The Bertz CT molecular complexity index is 401. The van der Waals surface area contributed by atoms with Gasteiger partial charge >= 0.3 is 0 Å². The summed E-state index contributed by atoms with van der Waals surface area (Å²) in [7, 11) is 0. The van der Waals surface area contributed by atoms with Crippen molar-refractivity contribution in [1.82, 2.24) is 9.55 Å². The van der Waals surface area contributed by atoms with Crippen molar-refractivity contribution in [3.63, 3.8) is 0 Å². The van der Waals surface area contributed by atoms with E-state index in [4.69, 9.17) is 21.3 Å². The Morgan fingerprint density at radius 3 is 2.62 bits per heavy atom. The van der Waals surface area contributed by atoms with Gasteiger partial charge in [0.15, 0.2) is 5.69 Å². The highest BCUT2D eigenvalue weighted by molar-refractivity contribution is 6.03. The lowest BCUT2D eigenvalue weighted by atomic mass is 10.3. The maximum absolute atomic E-state index is 11.1. The number of carbonyl (C=O) groups is 2. The van der Waals surface area contributed by atoms with Crippen LogP contribution in [0.2, 0.25) is 0 Å². The first kappa shape index (κ1) is 12.1. The van der Waals surface area contributed by atoms with Gasteiger partial charge in [-0.1, -0.05) is 0 Å². The van der Waals surface area contributed by atoms with Crippen molar-refractivity contribution in [3.05, 3.63) is 17.7 Å². The van der Waals surface area contributed by atoms with Crippen molar-refractivity contribution in [2.24, 2.45) is 11.5 Å². The molecule has 0 bridgehead atoms. The van der Waals surface area contributed by atoms with Gasteiger partial charge in [0.05, 0.1) is 19.5 Å². The lowest BCUT2D eigenvalue weighted by Crippen LogP contribution is -2.23. The molecule has 0 aromatic carbocycles. The monoisotopic (exact) mass is 228 g/mol. The van der Waals surface area contributed by atoms with Crippen LogP contribution in [0.4, 0.5) is 0 Å². The fraction of sp³-hybridized carbons (Fsp3) is 0.375. The first-order valence-corrected chi connectivity index (χ1v) is 4.41. The van der Waals surface area contributed by atoms with Gasteiger partial charge in [0.2, 0.25) is 0 Å². The average Bonchev–Trinajstić information content (AvgIpc) is 2.62. The molecule has 1 aromatic heterocycles. The molecule has 0 aliphatic rings. The molecule has 0 aliphatic carbocycles. The first-order chi connectivity index (χ1) is 7.57. The van der Waals surface area contributed by atoms with Crippen LogP contribution in [0.1, 0.15) is 21.0 Å². The molecule has 0 spiro atoms. The fourth-order valence-electron chi connectivity index (χ4n) is 1.15. The van der Waals surface area contributed by atoms with Crippen molar-refractivity contribution in [2.45, 2.75) is 6.73 Å². The second-order valence-corrected chi connectivity index (χ2v) is 2.90. The third-order valence-corrected chi connectivity index (χ3v) is 1.77. The molecule has 1 heterocycles. The Hall–Kier alpha value is -1.93. The minimum Gasteiger partial charge on any atom is -0.394 e. The lowest BCUT2D eigenvalue weighted by molar-refractivity contribution is 0.0463. The van der Waals surface area contributed by atoms with Crippen molar-refractivity contribution in [3.8, 4) is 0 Å². The predicted octanol–water partition coefficient (Wildman–Crippen LogP) is -1.95. The third kappa shape index (κ3) is 2.55. The van der Waals surface area contributed by atoms with Crippen molar-refractivity contribution < 1.29 is 19.4 Å². The minimum absolute atomic E-state index is 0.0425. The number of aromatic nitrogens is 2. The lowest BCUT2D eigenvalue weighted by Gasteiger charge is -2.06. The van der Waals surface area contributed by atoms with E-state index >= 15 is 0 Å². The van der Waals surface area contributed by atoms with Crippen LogP contribution in [0.25, 0.3) is 0 Å². The summed E-state index contributed by atoms with van der Waals surface area (Å²) < 4.78 is 6.21. The Labute approximate surface area is 90.8 Å². The van der Waals surface area contributed by atoms with Gasteiger partial charge in [0.25, 0.3) is 11.8 Å². The van der Waals surface area contributed by atoms with Gasteiger partial charge in [-0.05, 0) is 0 Å². The SMILES string of the molecule is NC(=O)c1ncn(COCCO)c1C(N)=O. The van der Waals surface area contributed by atoms with Gasteiger partial charge in [0.1, 0.15) is 12.4 Å². The van der Waals surface area contributed by atoms with Gasteiger partial charge < -0.3 is 25.9 Å². The number of aliphatic hydroxyl groups excluding tert-OH is 1. The number of hydrogen-bond donors (Lipinski definition) is 3. The Morgan fingerprint density at radius 2 is 2.12 bits per heavy atom. The topological polar surface area (TPSA) is 133 Å². The van der Waals surface area contributed by atoms with Gasteiger partial charge in [-0.2, -0.15) is 0 Å². The number of nitrogens with zero attached hydrogens (tertiary/aromatic N) is 2. The summed E-state index contributed by atoms with van der Waals surface area (Å²) in [5, 5.41) is 8.50. The quantitative estimate of drug-likeness (QED) is 0.486. The Morgan fingerprint density at radius 1 is 1.44 bits per heavy atom. The molecule has 0 radical (unpaired) electrons. The number of hydrogen-bond acceptors (Lipinski definition) is 5. The molecule has 5 N–H and O–H groups in total. The van der Waals surface area contributed by atoms with E-state index in [0.29, 0.717) is 0 Å². The first-order valence-electron chi connectivity index (χ1n) is 4.41. The van der Waals surface area contributed by atoms with E-state index in [2.05, 4.69) is 4.98 Å². The summed E-state index contributed by atoms with van der Waals surface area (Å²) >= 11 is 0. The zero-order valence-corrected chi connectivity index (χ0v) is 8.42. The van der Waals surface area contributed by atoms with E-state index in [-0.39, 0.29) is 31.3 Å². The fourth-order valence-corrected chi connectivity index (χ4v) is 1.15. The molecule has 0 fully saturated rings. The molecule has 16 heavy (non-hydrogen) atoms. The number of carbonyl (C=O) groups excluding carboxylic acids is 2. The van der Waals surface area contributed by atoms with E-state index in [1.807, 2.05) is 0 Å². The molecule has 8 nitrogen and oxygen atoms in total. The number of rotatable bonds is 6. The second kappa shape index (κ2) is 5.24. The van der Waals surface area contributed by atoms with Gasteiger partial charge in [-0.15, -0.1) is 0 Å². The zero-order chi connectivity index (χ0) is 12.1. The van der Waals surface area contributed by atoms with Crippen molar-refractivity contribution in [2.75, 3.05) is 13.2 Å². The van der Waals surface area contributed by atoms with Crippen LogP contribution in [-0.4, -0.2) is 39.7 Å². The number of aliphatic hydroxyl groups is 1. The summed E-state index contributed by atoms with van der Waals surface area (Å²) in [5.41, 5.74) is 9.81. The second-order valence-electron chi connectivity index (χ2n) is 2.90. The highest BCUT2D eigenvalue weighted by atomic mass is 16.5. The van der Waals surface area contributed by atoms with Gasteiger partial charge in [-0.3, -0.25) is 9.59 Å².